The molecule has 1 aromatic carbocycles. The summed E-state index contributed by atoms with van der Waals surface area (Å²) < 4.78 is 0. The van der Waals surface area contributed by atoms with Gasteiger partial charge in [-0.05, 0) is 24.0 Å². The summed E-state index contributed by atoms with van der Waals surface area (Å²) in [5.41, 5.74) is 1.07. The fourth-order valence-electron chi connectivity index (χ4n) is 1.94. The lowest BCUT2D eigenvalue weighted by Gasteiger charge is -2.17. The molecular weight excluding hydrogens is 234 g/mol. The van der Waals surface area contributed by atoms with E-state index in [0.717, 1.165) is 5.56 Å². The molecule has 0 aliphatic carbocycles. The number of carbonyl (C=O) groups excluding carboxylic acids is 1. The summed E-state index contributed by atoms with van der Waals surface area (Å²) in [5, 5.41) is 8.83. The monoisotopic (exact) mass is 247 g/mol. The van der Waals surface area contributed by atoms with Crippen LogP contribution in [0.25, 0.3) is 0 Å². The zero-order valence-corrected chi connectivity index (χ0v) is 10.6. The molecule has 1 fully saturated rings. The average molecular weight is 247 g/mol. The Balaban J connectivity index is 2.23. The quantitative estimate of drug-likeness (QED) is 0.595. The third-order valence-electron chi connectivity index (χ3n) is 2.98. The molecule has 1 aliphatic rings. The summed E-state index contributed by atoms with van der Waals surface area (Å²) in [6.45, 7) is 0.435. The van der Waals surface area contributed by atoms with Gasteiger partial charge in [0.05, 0.1) is 12.6 Å². The van der Waals surface area contributed by atoms with E-state index < -0.39 is 0 Å². The van der Waals surface area contributed by atoms with Crippen LogP contribution in [0.5, 0.6) is 0 Å². The molecule has 0 N–H and O–H groups in total. The molecule has 1 unspecified atom stereocenters. The predicted molar refractivity (Wildman–Crippen MR) is 66.4 cm³/mol. The zero-order chi connectivity index (χ0) is 12.4. The van der Waals surface area contributed by atoms with E-state index in [1.165, 1.54) is 9.80 Å². The van der Waals surface area contributed by atoms with Crippen molar-refractivity contribution in [2.45, 2.75) is 10.9 Å². The second-order valence-electron chi connectivity index (χ2n) is 3.89. The Morgan fingerprint density at radius 1 is 1.41 bits per heavy atom. The molecule has 1 saturated heterocycles. The standard InChI is InChI=1S/C12H13N3OS/c1-14-11(7-15(8-13)12(14)16)9-3-5-10(17-2)6-4-9/h3-6,11H,7H2,1-2H3. The molecule has 1 aliphatic heterocycles. The summed E-state index contributed by atoms with van der Waals surface area (Å²) in [6.07, 6.45) is 3.93. The van der Waals surface area contributed by atoms with Gasteiger partial charge in [-0.3, -0.25) is 0 Å². The third kappa shape index (κ3) is 2.08. The van der Waals surface area contributed by atoms with E-state index in [4.69, 9.17) is 5.26 Å². The fraction of sp³-hybridized carbons (Fsp3) is 0.333. The van der Waals surface area contributed by atoms with E-state index in [-0.39, 0.29) is 12.1 Å². The number of hydrogen-bond acceptors (Lipinski definition) is 3. The minimum Gasteiger partial charge on any atom is -0.318 e. The summed E-state index contributed by atoms with van der Waals surface area (Å²) in [7, 11) is 1.73. The molecule has 0 spiro atoms. The van der Waals surface area contributed by atoms with Crippen molar-refractivity contribution in [3.05, 3.63) is 29.8 Å². The summed E-state index contributed by atoms with van der Waals surface area (Å²) in [4.78, 5) is 15.7. The highest BCUT2D eigenvalue weighted by atomic mass is 32.2. The molecule has 17 heavy (non-hydrogen) atoms. The number of rotatable bonds is 2. The lowest BCUT2D eigenvalue weighted by atomic mass is 10.1. The highest BCUT2D eigenvalue weighted by Crippen LogP contribution is 2.28. The minimum absolute atomic E-state index is 0.0296. The smallest absolute Gasteiger partial charge is 0.318 e. The van der Waals surface area contributed by atoms with Gasteiger partial charge >= 0.3 is 6.03 Å². The summed E-state index contributed by atoms with van der Waals surface area (Å²) >= 11 is 1.68. The summed E-state index contributed by atoms with van der Waals surface area (Å²) in [6, 6.07) is 7.84. The van der Waals surface area contributed by atoms with Crippen molar-refractivity contribution >= 4 is 17.8 Å². The van der Waals surface area contributed by atoms with Gasteiger partial charge in [0.2, 0.25) is 0 Å². The number of hydrogen-bond donors (Lipinski definition) is 0. The molecule has 1 heterocycles. The lowest BCUT2D eigenvalue weighted by Crippen LogP contribution is -2.26. The molecule has 0 radical (unpaired) electrons. The highest BCUT2D eigenvalue weighted by molar-refractivity contribution is 7.98. The maximum atomic E-state index is 11.7. The Morgan fingerprint density at radius 2 is 2.06 bits per heavy atom. The maximum absolute atomic E-state index is 11.7. The van der Waals surface area contributed by atoms with Crippen LogP contribution in [-0.2, 0) is 0 Å². The molecule has 88 valence electrons. The number of amides is 2. The average Bonchev–Trinajstić information content (AvgIpc) is 2.66. The van der Waals surface area contributed by atoms with Crippen LogP contribution in [0.4, 0.5) is 4.79 Å². The van der Waals surface area contributed by atoms with Gasteiger partial charge in [-0.25, -0.2) is 9.69 Å². The van der Waals surface area contributed by atoms with Gasteiger partial charge < -0.3 is 4.90 Å². The van der Waals surface area contributed by atoms with E-state index in [1.54, 1.807) is 23.7 Å². The fourth-order valence-corrected chi connectivity index (χ4v) is 2.34. The predicted octanol–water partition coefficient (Wildman–Crippen LogP) is 2.30. The van der Waals surface area contributed by atoms with E-state index in [0.29, 0.717) is 6.54 Å². The molecule has 1 aromatic rings. The first-order chi connectivity index (χ1) is 8.17. The number of nitriles is 1. The lowest BCUT2D eigenvalue weighted by molar-refractivity contribution is 0.205. The first-order valence-electron chi connectivity index (χ1n) is 5.25. The van der Waals surface area contributed by atoms with Crippen LogP contribution >= 0.6 is 11.8 Å². The molecule has 2 rings (SSSR count). The Hall–Kier alpha value is -1.67. The molecule has 5 heteroatoms. The molecule has 4 nitrogen and oxygen atoms in total. The first-order valence-corrected chi connectivity index (χ1v) is 6.48. The van der Waals surface area contributed by atoms with E-state index >= 15 is 0 Å². The molecule has 1 atom stereocenters. The van der Waals surface area contributed by atoms with Crippen LogP contribution in [0, 0.1) is 11.5 Å². The highest BCUT2D eigenvalue weighted by Gasteiger charge is 2.35. The largest absolute Gasteiger partial charge is 0.333 e. The van der Waals surface area contributed by atoms with Gasteiger partial charge in [-0.1, -0.05) is 12.1 Å². The van der Waals surface area contributed by atoms with Crippen LogP contribution in [-0.4, -0.2) is 35.7 Å². The Labute approximate surface area is 105 Å². The van der Waals surface area contributed by atoms with Gasteiger partial charge in [-0.15, -0.1) is 11.8 Å². The van der Waals surface area contributed by atoms with E-state index in [2.05, 4.69) is 0 Å². The van der Waals surface area contributed by atoms with Crippen molar-refractivity contribution in [1.29, 1.82) is 5.26 Å². The molecule has 0 bridgehead atoms. The maximum Gasteiger partial charge on any atom is 0.333 e. The second kappa shape index (κ2) is 4.68. The van der Waals surface area contributed by atoms with Crippen molar-refractivity contribution in [3.63, 3.8) is 0 Å². The van der Waals surface area contributed by atoms with Crippen molar-refractivity contribution < 1.29 is 4.79 Å². The number of nitrogens with zero attached hydrogens (tertiary/aromatic N) is 3. The van der Waals surface area contributed by atoms with Gasteiger partial charge in [0.1, 0.15) is 0 Å². The van der Waals surface area contributed by atoms with Crippen LogP contribution in [0.3, 0.4) is 0 Å². The minimum atomic E-state index is -0.230. The van der Waals surface area contributed by atoms with Gasteiger partial charge in [-0.2, -0.15) is 5.26 Å². The van der Waals surface area contributed by atoms with Gasteiger partial charge in [0.25, 0.3) is 0 Å². The second-order valence-corrected chi connectivity index (χ2v) is 4.77. The van der Waals surface area contributed by atoms with Gasteiger partial charge in [0.15, 0.2) is 6.19 Å². The Morgan fingerprint density at radius 3 is 2.53 bits per heavy atom. The number of urea groups is 1. The normalized spacial score (nSPS) is 19.6. The van der Waals surface area contributed by atoms with Gasteiger partial charge in [0, 0.05) is 11.9 Å². The Kier molecular flexibility index (Phi) is 3.25. The molecule has 0 saturated carbocycles. The molecule has 0 aromatic heterocycles. The van der Waals surface area contributed by atoms with Crippen LogP contribution in [0.15, 0.2) is 29.2 Å². The number of thioether (sulfide) groups is 1. The number of likely N-dealkylation sites (N-methyl/N-ethyl adjacent to an activating group) is 1. The number of benzene rings is 1. The van der Waals surface area contributed by atoms with Crippen molar-refractivity contribution in [1.82, 2.24) is 9.80 Å². The molecular formula is C12H13N3OS. The van der Waals surface area contributed by atoms with Crippen LogP contribution < -0.4 is 0 Å². The third-order valence-corrected chi connectivity index (χ3v) is 3.72. The van der Waals surface area contributed by atoms with Crippen molar-refractivity contribution in [2.75, 3.05) is 19.8 Å². The van der Waals surface area contributed by atoms with E-state index in [1.807, 2.05) is 36.7 Å². The molecule has 2 amide bonds. The Bertz CT molecular complexity index is 466. The van der Waals surface area contributed by atoms with Crippen LogP contribution in [0.1, 0.15) is 11.6 Å². The number of carbonyl (C=O) groups is 1. The first kappa shape index (κ1) is 11.8. The van der Waals surface area contributed by atoms with Crippen LogP contribution in [0.2, 0.25) is 0 Å². The van der Waals surface area contributed by atoms with Crippen molar-refractivity contribution in [2.24, 2.45) is 0 Å². The SMILES string of the molecule is CSc1ccc(C2CN(C#N)C(=O)N2C)cc1. The topological polar surface area (TPSA) is 47.3 Å². The summed E-state index contributed by atoms with van der Waals surface area (Å²) in [5.74, 6) is 0. The van der Waals surface area contributed by atoms with Crippen molar-refractivity contribution in [3.8, 4) is 6.19 Å². The van der Waals surface area contributed by atoms with E-state index in [9.17, 15) is 4.79 Å². The zero-order valence-electron chi connectivity index (χ0n) is 9.75.